The lowest BCUT2D eigenvalue weighted by atomic mass is 10.00. The molecule has 0 radical (unpaired) electrons. The normalized spacial score (nSPS) is 20.4. The fraction of sp³-hybridized carbons (Fsp3) is 0.714. The summed E-state index contributed by atoms with van der Waals surface area (Å²) < 4.78 is 0. The summed E-state index contributed by atoms with van der Waals surface area (Å²) in [4.78, 5) is 4.73. The van der Waals surface area contributed by atoms with Gasteiger partial charge in [-0.2, -0.15) is 5.10 Å². The lowest BCUT2D eigenvalue weighted by Crippen LogP contribution is -2.57. The Balaban J connectivity index is 2.13. The SMILES string of the molecule is CC(C)c1ccc(N2CCN(C)C(C)(C)C2)nn1. The molecule has 0 saturated carbocycles. The van der Waals surface area contributed by atoms with E-state index < -0.39 is 0 Å². The van der Waals surface area contributed by atoms with E-state index in [2.05, 4.69) is 66.9 Å². The smallest absolute Gasteiger partial charge is 0.151 e. The van der Waals surface area contributed by atoms with Gasteiger partial charge in [-0.05, 0) is 38.9 Å². The van der Waals surface area contributed by atoms with Crippen LogP contribution in [-0.4, -0.2) is 47.3 Å². The van der Waals surface area contributed by atoms with Gasteiger partial charge in [0.1, 0.15) is 0 Å². The third-order valence-corrected chi connectivity index (χ3v) is 3.90. The Kier molecular flexibility index (Phi) is 3.57. The van der Waals surface area contributed by atoms with Gasteiger partial charge in [-0.3, -0.25) is 4.90 Å². The predicted octanol–water partition coefficient (Wildman–Crippen LogP) is 2.13. The van der Waals surface area contributed by atoms with E-state index in [0.29, 0.717) is 5.92 Å². The molecule has 0 aliphatic carbocycles. The van der Waals surface area contributed by atoms with Crippen LogP contribution in [0.1, 0.15) is 39.3 Å². The van der Waals surface area contributed by atoms with Gasteiger partial charge in [0.15, 0.2) is 5.82 Å². The zero-order valence-electron chi connectivity index (χ0n) is 12.1. The lowest BCUT2D eigenvalue weighted by molar-refractivity contribution is 0.138. The summed E-state index contributed by atoms with van der Waals surface area (Å²) in [7, 11) is 2.19. The first-order valence-corrected chi connectivity index (χ1v) is 6.70. The van der Waals surface area contributed by atoms with Gasteiger partial charge in [-0.15, -0.1) is 5.10 Å². The molecule has 0 amide bonds. The highest BCUT2D eigenvalue weighted by molar-refractivity contribution is 5.39. The summed E-state index contributed by atoms with van der Waals surface area (Å²) >= 11 is 0. The maximum atomic E-state index is 4.37. The van der Waals surface area contributed by atoms with Crippen LogP contribution in [0.25, 0.3) is 0 Å². The zero-order chi connectivity index (χ0) is 13.3. The molecule has 0 N–H and O–H groups in total. The quantitative estimate of drug-likeness (QED) is 0.802. The standard InChI is InChI=1S/C14H24N4/c1-11(2)12-6-7-13(16-15-12)18-9-8-17(5)14(3,4)10-18/h6-7,11H,8-10H2,1-5H3. The Morgan fingerprint density at radius 3 is 2.39 bits per heavy atom. The molecule has 0 spiro atoms. The molecule has 0 unspecified atom stereocenters. The fourth-order valence-corrected chi connectivity index (χ4v) is 2.25. The minimum Gasteiger partial charge on any atom is -0.352 e. The highest BCUT2D eigenvalue weighted by Crippen LogP contribution is 2.23. The van der Waals surface area contributed by atoms with E-state index in [9.17, 15) is 0 Å². The van der Waals surface area contributed by atoms with Crippen molar-refractivity contribution in [2.24, 2.45) is 0 Å². The van der Waals surface area contributed by atoms with Crippen LogP contribution in [-0.2, 0) is 0 Å². The van der Waals surface area contributed by atoms with E-state index in [-0.39, 0.29) is 5.54 Å². The van der Waals surface area contributed by atoms with E-state index in [1.54, 1.807) is 0 Å². The summed E-state index contributed by atoms with van der Waals surface area (Å²) in [5.74, 6) is 1.44. The van der Waals surface area contributed by atoms with E-state index in [4.69, 9.17) is 0 Å². The summed E-state index contributed by atoms with van der Waals surface area (Å²) in [5, 5.41) is 8.69. The molecule has 0 bridgehead atoms. The molecular weight excluding hydrogens is 224 g/mol. The third-order valence-electron chi connectivity index (χ3n) is 3.90. The molecule has 1 aromatic heterocycles. The van der Waals surface area contributed by atoms with Gasteiger partial charge in [0.2, 0.25) is 0 Å². The minimum atomic E-state index is 0.191. The van der Waals surface area contributed by atoms with Crippen molar-refractivity contribution in [1.82, 2.24) is 15.1 Å². The van der Waals surface area contributed by atoms with Gasteiger partial charge >= 0.3 is 0 Å². The molecule has 4 heteroatoms. The molecule has 2 heterocycles. The molecular formula is C14H24N4. The molecule has 18 heavy (non-hydrogen) atoms. The molecule has 1 aromatic rings. The van der Waals surface area contributed by atoms with Gasteiger partial charge in [-0.25, -0.2) is 0 Å². The molecule has 0 atom stereocenters. The van der Waals surface area contributed by atoms with Crippen molar-refractivity contribution >= 4 is 5.82 Å². The van der Waals surface area contributed by atoms with Gasteiger partial charge in [0.25, 0.3) is 0 Å². The van der Waals surface area contributed by atoms with Crippen LogP contribution in [0.15, 0.2) is 12.1 Å². The molecule has 100 valence electrons. The van der Waals surface area contributed by atoms with E-state index in [0.717, 1.165) is 31.1 Å². The maximum Gasteiger partial charge on any atom is 0.151 e. The topological polar surface area (TPSA) is 32.3 Å². The number of anilines is 1. The van der Waals surface area contributed by atoms with Crippen molar-refractivity contribution in [3.05, 3.63) is 17.8 Å². The van der Waals surface area contributed by atoms with Gasteiger partial charge in [-0.1, -0.05) is 13.8 Å². The summed E-state index contributed by atoms with van der Waals surface area (Å²) in [6.45, 7) is 11.9. The monoisotopic (exact) mass is 248 g/mol. The van der Waals surface area contributed by atoms with Crippen molar-refractivity contribution in [1.29, 1.82) is 0 Å². The van der Waals surface area contributed by atoms with Crippen molar-refractivity contribution in [3.63, 3.8) is 0 Å². The Bertz CT molecular complexity index is 397. The molecule has 4 nitrogen and oxygen atoms in total. The highest BCUT2D eigenvalue weighted by Gasteiger charge is 2.31. The second kappa shape index (κ2) is 4.84. The second-order valence-electron chi connectivity index (χ2n) is 6.13. The lowest BCUT2D eigenvalue weighted by Gasteiger charge is -2.45. The Morgan fingerprint density at radius 2 is 1.89 bits per heavy atom. The van der Waals surface area contributed by atoms with Crippen LogP contribution < -0.4 is 4.90 Å². The van der Waals surface area contributed by atoms with E-state index in [1.807, 2.05) is 0 Å². The molecule has 1 saturated heterocycles. The first-order valence-electron chi connectivity index (χ1n) is 6.70. The van der Waals surface area contributed by atoms with Crippen LogP contribution in [0.3, 0.4) is 0 Å². The molecule has 1 fully saturated rings. The number of piperazine rings is 1. The number of rotatable bonds is 2. The zero-order valence-corrected chi connectivity index (χ0v) is 12.1. The molecule has 1 aliphatic rings. The largest absolute Gasteiger partial charge is 0.352 e. The molecule has 1 aliphatic heterocycles. The second-order valence-corrected chi connectivity index (χ2v) is 6.13. The van der Waals surface area contributed by atoms with Crippen molar-refractivity contribution in [2.45, 2.75) is 39.2 Å². The number of aromatic nitrogens is 2. The van der Waals surface area contributed by atoms with Gasteiger partial charge in [0, 0.05) is 25.2 Å². The van der Waals surface area contributed by atoms with Crippen molar-refractivity contribution < 1.29 is 0 Å². The van der Waals surface area contributed by atoms with Crippen LogP contribution in [0.2, 0.25) is 0 Å². The predicted molar refractivity (Wildman–Crippen MR) is 75.0 cm³/mol. The van der Waals surface area contributed by atoms with Crippen LogP contribution >= 0.6 is 0 Å². The van der Waals surface area contributed by atoms with Gasteiger partial charge in [0.05, 0.1) is 5.69 Å². The maximum absolute atomic E-state index is 4.37. The summed E-state index contributed by atoms with van der Waals surface area (Å²) in [6.07, 6.45) is 0. The Hall–Kier alpha value is -1.16. The van der Waals surface area contributed by atoms with Crippen LogP contribution in [0, 0.1) is 0 Å². The average molecular weight is 248 g/mol. The molecule has 2 rings (SSSR count). The number of hydrogen-bond acceptors (Lipinski definition) is 4. The van der Waals surface area contributed by atoms with Crippen molar-refractivity contribution in [2.75, 3.05) is 31.6 Å². The minimum absolute atomic E-state index is 0.191. The van der Waals surface area contributed by atoms with E-state index >= 15 is 0 Å². The first kappa shape index (κ1) is 13.3. The highest BCUT2D eigenvalue weighted by atomic mass is 15.3. The Labute approximate surface area is 110 Å². The third kappa shape index (κ3) is 2.64. The van der Waals surface area contributed by atoms with Gasteiger partial charge < -0.3 is 4.90 Å². The summed E-state index contributed by atoms with van der Waals surface area (Å²) in [5.41, 5.74) is 1.25. The average Bonchev–Trinajstić information content (AvgIpc) is 2.33. The van der Waals surface area contributed by atoms with Crippen LogP contribution in [0.5, 0.6) is 0 Å². The van der Waals surface area contributed by atoms with Crippen LogP contribution in [0.4, 0.5) is 5.82 Å². The summed E-state index contributed by atoms with van der Waals surface area (Å²) in [6, 6.07) is 4.20. The van der Waals surface area contributed by atoms with E-state index in [1.165, 1.54) is 0 Å². The number of likely N-dealkylation sites (N-methyl/N-ethyl adjacent to an activating group) is 1. The molecule has 0 aromatic carbocycles. The number of nitrogens with zero attached hydrogens (tertiary/aromatic N) is 4. The first-order chi connectivity index (χ1) is 8.40. The van der Waals surface area contributed by atoms with Crippen molar-refractivity contribution in [3.8, 4) is 0 Å². The fourth-order valence-electron chi connectivity index (χ4n) is 2.25. The number of hydrogen-bond donors (Lipinski definition) is 0. The Morgan fingerprint density at radius 1 is 1.17 bits per heavy atom.